The maximum absolute atomic E-state index is 12.0. The third-order valence-corrected chi connectivity index (χ3v) is 4.38. The SMILES string of the molecule is CCOC(=O)[C@@H](C)[C@H]1CCCc2c(C)ccc(C)c21. The van der Waals surface area contributed by atoms with Gasteiger partial charge in [0.2, 0.25) is 0 Å². The molecule has 0 aliphatic heterocycles. The summed E-state index contributed by atoms with van der Waals surface area (Å²) in [5.41, 5.74) is 5.56. The summed E-state index contributed by atoms with van der Waals surface area (Å²) in [6.45, 7) is 8.69. The van der Waals surface area contributed by atoms with E-state index in [0.717, 1.165) is 12.8 Å². The summed E-state index contributed by atoms with van der Waals surface area (Å²) in [4.78, 5) is 12.0. The quantitative estimate of drug-likeness (QED) is 0.770. The second kappa shape index (κ2) is 5.77. The Morgan fingerprint density at radius 1 is 1.37 bits per heavy atom. The van der Waals surface area contributed by atoms with E-state index in [-0.39, 0.29) is 11.9 Å². The standard InChI is InChI=1S/C17H24O2/c1-5-19-17(18)13(4)15-8-6-7-14-11(2)9-10-12(3)16(14)15/h9-10,13,15H,5-8H2,1-4H3/t13-,15+/m0/s1. The summed E-state index contributed by atoms with van der Waals surface area (Å²) in [5.74, 6) is 0.225. The third-order valence-electron chi connectivity index (χ3n) is 4.38. The lowest BCUT2D eigenvalue weighted by atomic mass is 9.73. The van der Waals surface area contributed by atoms with Crippen molar-refractivity contribution in [3.63, 3.8) is 0 Å². The van der Waals surface area contributed by atoms with E-state index < -0.39 is 0 Å². The number of hydrogen-bond donors (Lipinski definition) is 0. The normalized spacial score (nSPS) is 19.7. The number of aryl methyl sites for hydroxylation is 2. The average molecular weight is 260 g/mol. The van der Waals surface area contributed by atoms with E-state index in [4.69, 9.17) is 4.74 Å². The summed E-state index contributed by atoms with van der Waals surface area (Å²) in [6.07, 6.45) is 3.41. The molecule has 0 bridgehead atoms. The molecule has 104 valence electrons. The number of benzene rings is 1. The van der Waals surface area contributed by atoms with Crippen LogP contribution in [0.1, 0.15) is 54.9 Å². The van der Waals surface area contributed by atoms with Gasteiger partial charge in [-0.3, -0.25) is 4.79 Å². The van der Waals surface area contributed by atoms with Crippen LogP contribution in [0.5, 0.6) is 0 Å². The fourth-order valence-electron chi connectivity index (χ4n) is 3.32. The van der Waals surface area contributed by atoms with Crippen LogP contribution in [0.3, 0.4) is 0 Å². The van der Waals surface area contributed by atoms with Gasteiger partial charge in [0.05, 0.1) is 12.5 Å². The Balaban J connectivity index is 2.37. The number of fused-ring (bicyclic) bond motifs is 1. The van der Waals surface area contributed by atoms with Gasteiger partial charge in [-0.25, -0.2) is 0 Å². The van der Waals surface area contributed by atoms with Crippen LogP contribution in [0.25, 0.3) is 0 Å². The predicted octanol–water partition coefficient (Wildman–Crippen LogP) is 3.92. The van der Waals surface area contributed by atoms with E-state index in [1.54, 1.807) is 0 Å². The molecule has 0 spiro atoms. The Morgan fingerprint density at radius 3 is 2.74 bits per heavy atom. The Morgan fingerprint density at radius 2 is 2.05 bits per heavy atom. The highest BCUT2D eigenvalue weighted by Crippen LogP contribution is 2.40. The molecule has 0 saturated heterocycles. The van der Waals surface area contributed by atoms with Gasteiger partial charge >= 0.3 is 5.97 Å². The van der Waals surface area contributed by atoms with Gasteiger partial charge in [-0.05, 0) is 68.2 Å². The summed E-state index contributed by atoms with van der Waals surface area (Å²) >= 11 is 0. The zero-order valence-electron chi connectivity index (χ0n) is 12.5. The van der Waals surface area contributed by atoms with Crippen molar-refractivity contribution in [3.05, 3.63) is 34.4 Å². The predicted molar refractivity (Wildman–Crippen MR) is 77.4 cm³/mol. The minimum Gasteiger partial charge on any atom is -0.466 e. The molecule has 1 aliphatic rings. The van der Waals surface area contributed by atoms with Crippen molar-refractivity contribution in [2.75, 3.05) is 6.61 Å². The van der Waals surface area contributed by atoms with Crippen LogP contribution >= 0.6 is 0 Å². The summed E-state index contributed by atoms with van der Waals surface area (Å²) < 4.78 is 5.20. The largest absolute Gasteiger partial charge is 0.466 e. The van der Waals surface area contributed by atoms with Gasteiger partial charge in [-0.1, -0.05) is 19.1 Å². The monoisotopic (exact) mass is 260 g/mol. The number of carbonyl (C=O) groups excluding carboxylic acids is 1. The fourth-order valence-corrected chi connectivity index (χ4v) is 3.32. The Kier molecular flexibility index (Phi) is 4.28. The van der Waals surface area contributed by atoms with Gasteiger partial charge in [-0.2, -0.15) is 0 Å². The Bertz CT molecular complexity index is 476. The maximum Gasteiger partial charge on any atom is 0.309 e. The third kappa shape index (κ3) is 2.68. The zero-order chi connectivity index (χ0) is 14.0. The van der Waals surface area contributed by atoms with Crippen molar-refractivity contribution in [2.24, 2.45) is 5.92 Å². The average Bonchev–Trinajstić information content (AvgIpc) is 2.42. The minimum absolute atomic E-state index is 0.0421. The molecule has 0 unspecified atom stereocenters. The number of hydrogen-bond acceptors (Lipinski definition) is 2. The van der Waals surface area contributed by atoms with E-state index in [9.17, 15) is 4.79 Å². The molecule has 2 nitrogen and oxygen atoms in total. The molecule has 2 rings (SSSR count). The van der Waals surface area contributed by atoms with Crippen LogP contribution in [-0.4, -0.2) is 12.6 Å². The smallest absolute Gasteiger partial charge is 0.309 e. The first-order valence-electron chi connectivity index (χ1n) is 7.31. The molecule has 1 aromatic carbocycles. The lowest BCUT2D eigenvalue weighted by Gasteiger charge is -2.31. The number of esters is 1. The van der Waals surface area contributed by atoms with Crippen LogP contribution in [0.15, 0.2) is 12.1 Å². The number of carbonyl (C=O) groups is 1. The molecular formula is C17H24O2. The maximum atomic E-state index is 12.0. The van der Waals surface area contributed by atoms with Gasteiger partial charge in [0.25, 0.3) is 0 Å². The first-order valence-corrected chi connectivity index (χ1v) is 7.31. The summed E-state index contributed by atoms with van der Waals surface area (Å²) in [6, 6.07) is 4.38. The first-order chi connectivity index (χ1) is 9.06. The van der Waals surface area contributed by atoms with E-state index >= 15 is 0 Å². The summed E-state index contributed by atoms with van der Waals surface area (Å²) in [7, 11) is 0. The van der Waals surface area contributed by atoms with Crippen molar-refractivity contribution in [1.82, 2.24) is 0 Å². The summed E-state index contributed by atoms with van der Waals surface area (Å²) in [5, 5.41) is 0. The highest BCUT2D eigenvalue weighted by molar-refractivity contribution is 5.73. The molecule has 0 fully saturated rings. The van der Waals surface area contributed by atoms with Crippen LogP contribution in [0.4, 0.5) is 0 Å². The minimum atomic E-state index is -0.0544. The topological polar surface area (TPSA) is 26.3 Å². The molecule has 2 heteroatoms. The van der Waals surface area contributed by atoms with E-state index in [2.05, 4.69) is 26.0 Å². The molecular weight excluding hydrogens is 236 g/mol. The zero-order valence-corrected chi connectivity index (χ0v) is 12.5. The highest BCUT2D eigenvalue weighted by Gasteiger charge is 2.31. The van der Waals surface area contributed by atoms with Gasteiger partial charge in [0, 0.05) is 0 Å². The highest BCUT2D eigenvalue weighted by atomic mass is 16.5. The molecule has 1 aliphatic carbocycles. The fraction of sp³-hybridized carbons (Fsp3) is 0.588. The van der Waals surface area contributed by atoms with Crippen LogP contribution in [-0.2, 0) is 16.0 Å². The molecule has 0 N–H and O–H groups in total. The molecule has 0 heterocycles. The van der Waals surface area contributed by atoms with E-state index in [1.807, 2.05) is 13.8 Å². The molecule has 1 aromatic rings. The van der Waals surface area contributed by atoms with Gasteiger partial charge in [0.15, 0.2) is 0 Å². The second-order valence-electron chi connectivity index (χ2n) is 5.63. The van der Waals surface area contributed by atoms with Crippen LogP contribution in [0.2, 0.25) is 0 Å². The van der Waals surface area contributed by atoms with E-state index in [0.29, 0.717) is 12.5 Å². The van der Waals surface area contributed by atoms with Crippen molar-refractivity contribution in [1.29, 1.82) is 0 Å². The lowest BCUT2D eigenvalue weighted by molar-refractivity contribution is -0.148. The molecule has 0 saturated carbocycles. The number of rotatable bonds is 3. The Labute approximate surface area is 116 Å². The van der Waals surface area contributed by atoms with Crippen molar-refractivity contribution < 1.29 is 9.53 Å². The van der Waals surface area contributed by atoms with Crippen LogP contribution in [0, 0.1) is 19.8 Å². The van der Waals surface area contributed by atoms with Gasteiger partial charge in [-0.15, -0.1) is 0 Å². The first kappa shape index (κ1) is 14.1. The van der Waals surface area contributed by atoms with Gasteiger partial charge in [0.1, 0.15) is 0 Å². The van der Waals surface area contributed by atoms with E-state index in [1.165, 1.54) is 28.7 Å². The van der Waals surface area contributed by atoms with Crippen molar-refractivity contribution in [3.8, 4) is 0 Å². The molecule has 0 amide bonds. The molecule has 19 heavy (non-hydrogen) atoms. The van der Waals surface area contributed by atoms with Gasteiger partial charge < -0.3 is 4.74 Å². The van der Waals surface area contributed by atoms with Crippen molar-refractivity contribution >= 4 is 5.97 Å². The molecule has 0 radical (unpaired) electrons. The molecule has 2 atom stereocenters. The second-order valence-corrected chi connectivity index (χ2v) is 5.63. The van der Waals surface area contributed by atoms with Crippen molar-refractivity contribution in [2.45, 2.75) is 52.9 Å². The number of ether oxygens (including phenoxy) is 1. The lowest BCUT2D eigenvalue weighted by Crippen LogP contribution is -2.26. The van der Waals surface area contributed by atoms with Crippen LogP contribution < -0.4 is 0 Å². The molecule has 0 aromatic heterocycles. The Hall–Kier alpha value is -1.31.